The lowest BCUT2D eigenvalue weighted by Gasteiger charge is -2.27. The van der Waals surface area contributed by atoms with E-state index < -0.39 is 0 Å². The quantitative estimate of drug-likeness (QED) is 0.826. The Balaban J connectivity index is 2.84. The molecule has 0 aliphatic heterocycles. The summed E-state index contributed by atoms with van der Waals surface area (Å²) < 4.78 is 0. The molecule has 90 valence electrons. The maximum Gasteiger partial charge on any atom is 0.0558 e. The largest absolute Gasteiger partial charge is 0.395 e. The van der Waals surface area contributed by atoms with Gasteiger partial charge in [0.1, 0.15) is 0 Å². The second-order valence-corrected chi connectivity index (χ2v) is 4.66. The summed E-state index contributed by atoms with van der Waals surface area (Å²) in [6.07, 6.45) is 0. The third kappa shape index (κ3) is 3.32. The van der Waals surface area contributed by atoms with Crippen molar-refractivity contribution in [3.8, 4) is 0 Å². The van der Waals surface area contributed by atoms with Crippen LogP contribution in [-0.2, 0) is 6.54 Å². The van der Waals surface area contributed by atoms with Gasteiger partial charge in [0, 0.05) is 19.1 Å². The third-order valence-electron chi connectivity index (χ3n) is 3.12. The molecule has 2 heteroatoms. The van der Waals surface area contributed by atoms with Crippen LogP contribution in [0, 0.1) is 13.8 Å². The number of rotatable bonds is 5. The topological polar surface area (TPSA) is 23.5 Å². The van der Waals surface area contributed by atoms with Crippen molar-refractivity contribution in [1.29, 1.82) is 0 Å². The number of aliphatic hydroxyl groups is 1. The van der Waals surface area contributed by atoms with E-state index in [0.717, 1.165) is 13.1 Å². The molecule has 0 unspecified atom stereocenters. The van der Waals surface area contributed by atoms with E-state index in [0.29, 0.717) is 6.04 Å². The average Bonchev–Trinajstić information content (AvgIpc) is 2.21. The molecule has 1 aromatic carbocycles. The highest BCUT2D eigenvalue weighted by Gasteiger charge is 2.11. The van der Waals surface area contributed by atoms with Crippen LogP contribution in [0.25, 0.3) is 0 Å². The zero-order valence-electron chi connectivity index (χ0n) is 10.8. The molecule has 0 radical (unpaired) electrons. The van der Waals surface area contributed by atoms with E-state index in [9.17, 15) is 0 Å². The fourth-order valence-electron chi connectivity index (χ4n) is 1.95. The van der Waals surface area contributed by atoms with Crippen LogP contribution >= 0.6 is 0 Å². The summed E-state index contributed by atoms with van der Waals surface area (Å²) >= 11 is 0. The number of aliphatic hydroxyl groups excluding tert-OH is 1. The predicted molar refractivity (Wildman–Crippen MR) is 68.5 cm³/mol. The first-order chi connectivity index (χ1) is 7.56. The zero-order valence-corrected chi connectivity index (χ0v) is 10.8. The maximum absolute atomic E-state index is 9.06. The number of nitrogens with zero attached hydrogens (tertiary/aromatic N) is 1. The molecule has 2 nitrogen and oxygen atoms in total. The van der Waals surface area contributed by atoms with Crippen molar-refractivity contribution in [3.05, 3.63) is 34.9 Å². The molecule has 0 bridgehead atoms. The summed E-state index contributed by atoms with van der Waals surface area (Å²) in [5.74, 6) is 0. The molecule has 0 spiro atoms. The lowest BCUT2D eigenvalue weighted by Crippen LogP contribution is -2.33. The smallest absolute Gasteiger partial charge is 0.0558 e. The summed E-state index contributed by atoms with van der Waals surface area (Å²) in [6.45, 7) is 10.5. The third-order valence-corrected chi connectivity index (χ3v) is 3.12. The SMILES string of the molecule is Cc1cccc(C)c1CN(CCO)C(C)C. The standard InChI is InChI=1S/C14H23NO/c1-11(2)15(8-9-16)10-14-12(3)6-5-7-13(14)4/h5-7,11,16H,8-10H2,1-4H3. The van der Waals surface area contributed by atoms with Crippen LogP contribution in [0.2, 0.25) is 0 Å². The minimum Gasteiger partial charge on any atom is -0.395 e. The minimum atomic E-state index is 0.225. The van der Waals surface area contributed by atoms with E-state index in [1.807, 2.05) is 0 Å². The summed E-state index contributed by atoms with van der Waals surface area (Å²) in [7, 11) is 0. The number of aryl methyl sites for hydroxylation is 2. The van der Waals surface area contributed by atoms with Crippen molar-refractivity contribution < 1.29 is 5.11 Å². The molecule has 0 saturated heterocycles. The van der Waals surface area contributed by atoms with Gasteiger partial charge in [0.2, 0.25) is 0 Å². The molecule has 0 atom stereocenters. The first-order valence-corrected chi connectivity index (χ1v) is 5.96. The summed E-state index contributed by atoms with van der Waals surface area (Å²) in [5.41, 5.74) is 4.07. The van der Waals surface area contributed by atoms with Crippen LogP contribution in [0.15, 0.2) is 18.2 Å². The Morgan fingerprint density at radius 3 is 2.19 bits per heavy atom. The highest BCUT2D eigenvalue weighted by Crippen LogP contribution is 2.16. The Hall–Kier alpha value is -0.860. The monoisotopic (exact) mass is 221 g/mol. The van der Waals surface area contributed by atoms with E-state index >= 15 is 0 Å². The second-order valence-electron chi connectivity index (χ2n) is 4.66. The van der Waals surface area contributed by atoms with Gasteiger partial charge in [0.05, 0.1) is 6.61 Å². The van der Waals surface area contributed by atoms with Gasteiger partial charge < -0.3 is 5.11 Å². The fraction of sp³-hybridized carbons (Fsp3) is 0.571. The number of hydrogen-bond acceptors (Lipinski definition) is 2. The van der Waals surface area contributed by atoms with Crippen LogP contribution in [0.5, 0.6) is 0 Å². The van der Waals surface area contributed by atoms with E-state index in [1.165, 1.54) is 16.7 Å². The van der Waals surface area contributed by atoms with Gasteiger partial charge in [-0.25, -0.2) is 0 Å². The average molecular weight is 221 g/mol. The van der Waals surface area contributed by atoms with Crippen LogP contribution in [0.4, 0.5) is 0 Å². The molecule has 0 fully saturated rings. The lowest BCUT2D eigenvalue weighted by molar-refractivity contribution is 0.159. The molecule has 0 heterocycles. The summed E-state index contributed by atoms with van der Waals surface area (Å²) in [5, 5.41) is 9.06. The van der Waals surface area contributed by atoms with Crippen molar-refractivity contribution in [1.82, 2.24) is 4.90 Å². The summed E-state index contributed by atoms with van der Waals surface area (Å²) in [4.78, 5) is 2.30. The first kappa shape index (κ1) is 13.2. The Morgan fingerprint density at radius 1 is 1.19 bits per heavy atom. The lowest BCUT2D eigenvalue weighted by atomic mass is 10.0. The number of benzene rings is 1. The molecule has 1 rings (SSSR count). The molecule has 16 heavy (non-hydrogen) atoms. The molecule has 0 aliphatic carbocycles. The Bertz CT molecular complexity index is 313. The molecule has 1 aromatic rings. The number of hydrogen-bond donors (Lipinski definition) is 1. The van der Waals surface area contributed by atoms with Gasteiger partial charge in [0.25, 0.3) is 0 Å². The maximum atomic E-state index is 9.06. The van der Waals surface area contributed by atoms with Crippen molar-refractivity contribution in [2.24, 2.45) is 0 Å². The van der Waals surface area contributed by atoms with E-state index in [1.54, 1.807) is 0 Å². The molecule has 1 N–H and O–H groups in total. The van der Waals surface area contributed by atoms with E-state index in [2.05, 4.69) is 50.8 Å². The van der Waals surface area contributed by atoms with Gasteiger partial charge in [-0.2, -0.15) is 0 Å². The molecule has 0 amide bonds. The zero-order chi connectivity index (χ0) is 12.1. The first-order valence-electron chi connectivity index (χ1n) is 5.96. The molecule has 0 saturated carbocycles. The van der Waals surface area contributed by atoms with Gasteiger partial charge in [-0.3, -0.25) is 4.90 Å². The van der Waals surface area contributed by atoms with Crippen LogP contribution in [-0.4, -0.2) is 29.2 Å². The van der Waals surface area contributed by atoms with E-state index in [-0.39, 0.29) is 6.61 Å². The Labute approximate surface area is 98.9 Å². The van der Waals surface area contributed by atoms with Gasteiger partial charge in [-0.1, -0.05) is 18.2 Å². The van der Waals surface area contributed by atoms with Crippen molar-refractivity contribution in [2.75, 3.05) is 13.2 Å². The highest BCUT2D eigenvalue weighted by molar-refractivity contribution is 5.33. The molecular weight excluding hydrogens is 198 g/mol. The van der Waals surface area contributed by atoms with Crippen molar-refractivity contribution in [3.63, 3.8) is 0 Å². The minimum absolute atomic E-state index is 0.225. The van der Waals surface area contributed by atoms with E-state index in [4.69, 9.17) is 5.11 Å². The Morgan fingerprint density at radius 2 is 1.75 bits per heavy atom. The van der Waals surface area contributed by atoms with Crippen LogP contribution in [0.3, 0.4) is 0 Å². The van der Waals surface area contributed by atoms with Gasteiger partial charge in [-0.05, 0) is 44.4 Å². The van der Waals surface area contributed by atoms with Crippen molar-refractivity contribution >= 4 is 0 Å². The fourth-order valence-corrected chi connectivity index (χ4v) is 1.95. The molecule has 0 aliphatic rings. The Kier molecular flexibility index (Phi) is 4.97. The summed E-state index contributed by atoms with van der Waals surface area (Å²) in [6, 6.07) is 6.87. The van der Waals surface area contributed by atoms with Crippen LogP contribution < -0.4 is 0 Å². The van der Waals surface area contributed by atoms with Gasteiger partial charge >= 0.3 is 0 Å². The second kappa shape index (κ2) is 6.02. The normalized spacial score (nSPS) is 11.4. The predicted octanol–water partition coefficient (Wildman–Crippen LogP) is 2.51. The molecule has 0 aromatic heterocycles. The van der Waals surface area contributed by atoms with Crippen LogP contribution in [0.1, 0.15) is 30.5 Å². The molecular formula is C14H23NO. The highest BCUT2D eigenvalue weighted by atomic mass is 16.3. The van der Waals surface area contributed by atoms with Gasteiger partial charge in [-0.15, -0.1) is 0 Å². The van der Waals surface area contributed by atoms with Gasteiger partial charge in [0.15, 0.2) is 0 Å². The van der Waals surface area contributed by atoms with Crippen molar-refractivity contribution in [2.45, 2.75) is 40.3 Å².